The number of rotatable bonds is 8. The van der Waals surface area contributed by atoms with Crippen LogP contribution < -0.4 is 10.6 Å². The molecular weight excluding hydrogens is 415 g/mol. The molecule has 0 unspecified atom stereocenters. The van der Waals surface area contributed by atoms with E-state index in [4.69, 9.17) is 0 Å². The first-order chi connectivity index (χ1) is 14.7. The van der Waals surface area contributed by atoms with Crippen LogP contribution in [0, 0.1) is 5.82 Å². The highest BCUT2D eigenvalue weighted by molar-refractivity contribution is 7.89. The predicted molar refractivity (Wildman–Crippen MR) is 122 cm³/mol. The third-order valence-electron chi connectivity index (χ3n) is 5.90. The third-order valence-corrected chi connectivity index (χ3v) is 7.94. The van der Waals surface area contributed by atoms with Crippen LogP contribution in [0.2, 0.25) is 0 Å². The van der Waals surface area contributed by atoms with Crippen LogP contribution in [0.3, 0.4) is 0 Å². The molecule has 1 fully saturated rings. The number of nitrogens with one attached hydrogen (secondary N) is 2. The monoisotopic (exact) mass is 446 g/mol. The topological polar surface area (TPSA) is 73.8 Å². The fourth-order valence-corrected chi connectivity index (χ4v) is 4.79. The molecular formula is C23H31FN4O2S. The van der Waals surface area contributed by atoms with Gasteiger partial charge in [0.2, 0.25) is 10.0 Å². The zero-order chi connectivity index (χ0) is 22.6. The van der Waals surface area contributed by atoms with Crippen molar-refractivity contribution in [3.05, 3.63) is 65.5 Å². The Morgan fingerprint density at radius 3 is 2.39 bits per heavy atom. The fraction of sp³-hybridized carbons (Fsp3) is 0.435. The van der Waals surface area contributed by atoms with Gasteiger partial charge in [-0.1, -0.05) is 24.3 Å². The molecule has 0 saturated heterocycles. The molecule has 0 bridgehead atoms. The quantitative estimate of drug-likeness (QED) is 0.482. The maximum absolute atomic E-state index is 13.6. The van der Waals surface area contributed by atoms with Crippen molar-refractivity contribution in [3.8, 4) is 0 Å². The molecule has 0 aliphatic heterocycles. The number of hydrogen-bond acceptors (Lipinski definition) is 3. The molecule has 2 aromatic carbocycles. The second-order valence-electron chi connectivity index (χ2n) is 8.33. The number of guanidine groups is 1. The second-order valence-corrected chi connectivity index (χ2v) is 10.3. The summed E-state index contributed by atoms with van der Waals surface area (Å²) in [6, 6.07) is 13.5. The summed E-state index contributed by atoms with van der Waals surface area (Å²) < 4.78 is 40.1. The first kappa shape index (κ1) is 23.2. The Kier molecular flexibility index (Phi) is 7.01. The van der Waals surface area contributed by atoms with Crippen molar-refractivity contribution in [2.45, 2.75) is 49.6 Å². The van der Waals surface area contributed by atoms with Crippen molar-refractivity contribution in [1.29, 1.82) is 0 Å². The van der Waals surface area contributed by atoms with Crippen molar-refractivity contribution in [1.82, 2.24) is 14.9 Å². The van der Waals surface area contributed by atoms with E-state index in [0.717, 1.165) is 24.0 Å². The van der Waals surface area contributed by atoms with E-state index in [1.54, 1.807) is 50.5 Å². The predicted octanol–water partition coefficient (Wildman–Crippen LogP) is 3.25. The van der Waals surface area contributed by atoms with Crippen molar-refractivity contribution >= 4 is 16.0 Å². The Bertz CT molecular complexity index is 1030. The van der Waals surface area contributed by atoms with Crippen LogP contribution in [0.1, 0.15) is 37.8 Å². The lowest BCUT2D eigenvalue weighted by Gasteiger charge is -2.21. The van der Waals surface area contributed by atoms with Gasteiger partial charge in [-0.2, -0.15) is 4.31 Å². The van der Waals surface area contributed by atoms with Crippen molar-refractivity contribution < 1.29 is 12.8 Å². The fourth-order valence-electron chi connectivity index (χ4n) is 3.42. The molecule has 3 rings (SSSR count). The highest BCUT2D eigenvalue weighted by Crippen LogP contribution is 2.47. The van der Waals surface area contributed by atoms with Gasteiger partial charge in [0.25, 0.3) is 0 Å². The summed E-state index contributed by atoms with van der Waals surface area (Å²) in [6.45, 7) is 4.87. The zero-order valence-corrected chi connectivity index (χ0v) is 19.3. The first-order valence-electron chi connectivity index (χ1n) is 10.5. The molecule has 2 N–H and O–H groups in total. The molecule has 8 heteroatoms. The smallest absolute Gasteiger partial charge is 0.243 e. The van der Waals surface area contributed by atoms with Gasteiger partial charge in [-0.3, -0.25) is 4.99 Å². The largest absolute Gasteiger partial charge is 0.356 e. The number of sulfonamides is 1. The molecule has 2 aromatic rings. The Hall–Kier alpha value is -2.45. The van der Waals surface area contributed by atoms with Crippen molar-refractivity contribution in [2.24, 2.45) is 4.99 Å². The Balaban J connectivity index is 1.57. The third kappa shape index (κ3) is 5.43. The van der Waals surface area contributed by atoms with E-state index in [2.05, 4.69) is 15.6 Å². The van der Waals surface area contributed by atoms with E-state index in [-0.39, 0.29) is 22.2 Å². The van der Waals surface area contributed by atoms with Gasteiger partial charge in [-0.05, 0) is 62.1 Å². The van der Waals surface area contributed by atoms with Crippen molar-refractivity contribution in [2.75, 3.05) is 20.6 Å². The summed E-state index contributed by atoms with van der Waals surface area (Å²) in [5.74, 6) is 0.440. The molecule has 6 nitrogen and oxygen atoms in total. The van der Waals surface area contributed by atoms with Crippen LogP contribution in [-0.2, 0) is 22.0 Å². The van der Waals surface area contributed by atoms with E-state index >= 15 is 0 Å². The lowest BCUT2D eigenvalue weighted by molar-refractivity contribution is 0.410. The van der Waals surface area contributed by atoms with Gasteiger partial charge < -0.3 is 10.6 Å². The van der Waals surface area contributed by atoms with Crippen LogP contribution in [0.5, 0.6) is 0 Å². The minimum absolute atomic E-state index is 0.0435. The minimum Gasteiger partial charge on any atom is -0.356 e. The normalized spacial score (nSPS) is 15.9. The summed E-state index contributed by atoms with van der Waals surface area (Å²) in [6.07, 6.45) is 2.03. The molecule has 1 aliphatic rings. The maximum Gasteiger partial charge on any atom is 0.243 e. The summed E-state index contributed by atoms with van der Waals surface area (Å²) >= 11 is 0. The summed E-state index contributed by atoms with van der Waals surface area (Å²) in [5.41, 5.74) is 1.91. The van der Waals surface area contributed by atoms with Crippen LogP contribution in [0.25, 0.3) is 0 Å². The van der Waals surface area contributed by atoms with Crippen LogP contribution in [0.4, 0.5) is 4.39 Å². The van der Waals surface area contributed by atoms with E-state index in [9.17, 15) is 12.8 Å². The maximum atomic E-state index is 13.6. The second kappa shape index (κ2) is 9.36. The molecule has 31 heavy (non-hydrogen) atoms. The Morgan fingerprint density at radius 2 is 1.84 bits per heavy atom. The minimum atomic E-state index is -3.49. The molecule has 0 heterocycles. The van der Waals surface area contributed by atoms with Crippen LogP contribution in [-0.4, -0.2) is 45.4 Å². The van der Waals surface area contributed by atoms with Gasteiger partial charge in [0.1, 0.15) is 5.82 Å². The SMILES string of the molecule is CN=C(NCc1ccc(S(=O)(=O)N(C)C(C)C)cc1)NCC1(c2cccc(F)c2)CC1. The van der Waals surface area contributed by atoms with Gasteiger partial charge in [-0.15, -0.1) is 0 Å². The lowest BCUT2D eigenvalue weighted by atomic mass is 9.96. The molecule has 0 radical (unpaired) electrons. The molecule has 1 aliphatic carbocycles. The number of halogens is 1. The number of nitrogens with zero attached hydrogens (tertiary/aromatic N) is 2. The van der Waals surface area contributed by atoms with E-state index in [1.807, 2.05) is 19.9 Å². The molecule has 1 saturated carbocycles. The lowest BCUT2D eigenvalue weighted by Crippen LogP contribution is -2.40. The molecule has 0 spiro atoms. The van der Waals surface area contributed by atoms with E-state index in [1.165, 1.54) is 10.4 Å². The highest BCUT2D eigenvalue weighted by Gasteiger charge is 2.44. The summed E-state index contributed by atoms with van der Waals surface area (Å²) in [4.78, 5) is 4.54. The van der Waals surface area contributed by atoms with Gasteiger partial charge >= 0.3 is 0 Å². The molecule has 168 valence electrons. The zero-order valence-electron chi connectivity index (χ0n) is 18.5. The van der Waals surface area contributed by atoms with Crippen molar-refractivity contribution in [3.63, 3.8) is 0 Å². The van der Waals surface area contributed by atoms with Gasteiger partial charge in [0, 0.05) is 38.6 Å². The molecule has 0 atom stereocenters. The summed E-state index contributed by atoms with van der Waals surface area (Å²) in [5, 5.41) is 6.59. The molecule has 0 amide bonds. The van der Waals surface area contributed by atoms with Gasteiger partial charge in [0.15, 0.2) is 5.96 Å². The summed E-state index contributed by atoms with van der Waals surface area (Å²) in [7, 11) is -0.200. The standard InChI is InChI=1S/C23H31FN4O2S/c1-17(2)28(4)31(29,30)21-10-8-18(9-11-21)15-26-22(25-3)27-16-23(12-13-23)19-6-5-7-20(24)14-19/h5-11,14,17H,12-13,15-16H2,1-4H3,(H2,25,26,27). The first-order valence-corrected chi connectivity index (χ1v) is 11.9. The highest BCUT2D eigenvalue weighted by atomic mass is 32.2. The Labute approximate surface area is 184 Å². The van der Waals surface area contributed by atoms with Gasteiger partial charge in [-0.25, -0.2) is 12.8 Å². The number of benzene rings is 2. The van der Waals surface area contributed by atoms with Gasteiger partial charge in [0.05, 0.1) is 4.90 Å². The average molecular weight is 447 g/mol. The number of aliphatic imine (C=N–C) groups is 1. The average Bonchev–Trinajstić information content (AvgIpc) is 3.54. The Morgan fingerprint density at radius 1 is 1.16 bits per heavy atom. The van der Waals surface area contributed by atoms with E-state index < -0.39 is 10.0 Å². The van der Waals surface area contributed by atoms with Crippen LogP contribution >= 0.6 is 0 Å². The van der Waals surface area contributed by atoms with Crippen LogP contribution in [0.15, 0.2) is 58.4 Å². The van der Waals surface area contributed by atoms with E-state index in [0.29, 0.717) is 19.0 Å². The number of hydrogen-bond donors (Lipinski definition) is 2. The molecule has 0 aromatic heterocycles.